The molecule has 0 fully saturated rings. The third kappa shape index (κ3) is 3.63. The van der Waals surface area contributed by atoms with Crippen LogP contribution in [0.1, 0.15) is 31.4 Å². The summed E-state index contributed by atoms with van der Waals surface area (Å²) < 4.78 is 13.0. The Hall–Kier alpha value is -0.890. The lowest BCUT2D eigenvalue weighted by atomic mass is 9.97. The van der Waals surface area contributed by atoms with Gasteiger partial charge in [0.05, 0.1) is 6.10 Å². The number of rotatable bonds is 4. The molecule has 0 aliphatic rings. The summed E-state index contributed by atoms with van der Waals surface area (Å²) in [5, 5.41) is 9.65. The zero-order valence-electron chi connectivity index (χ0n) is 9.63. The second-order valence-corrected chi connectivity index (χ2v) is 4.42. The highest BCUT2D eigenvalue weighted by atomic mass is 19.1. The van der Waals surface area contributed by atoms with Gasteiger partial charge in [0.2, 0.25) is 0 Å². The van der Waals surface area contributed by atoms with Gasteiger partial charge in [0.15, 0.2) is 0 Å². The van der Waals surface area contributed by atoms with Crippen LogP contribution in [-0.2, 0) is 6.42 Å². The molecule has 0 amide bonds. The lowest BCUT2D eigenvalue weighted by Crippen LogP contribution is -2.15. The highest BCUT2D eigenvalue weighted by molar-refractivity contribution is 5.26. The SMILES string of the molecule is Cc1ccc(F)cc1CCC(O)C(C)C. The second-order valence-electron chi connectivity index (χ2n) is 4.42. The van der Waals surface area contributed by atoms with E-state index in [2.05, 4.69) is 0 Å². The van der Waals surface area contributed by atoms with Crippen LogP contribution in [0.3, 0.4) is 0 Å². The van der Waals surface area contributed by atoms with Crippen LogP contribution in [0.2, 0.25) is 0 Å². The number of benzene rings is 1. The maximum atomic E-state index is 13.0. The monoisotopic (exact) mass is 210 g/mol. The van der Waals surface area contributed by atoms with Gasteiger partial charge in [0, 0.05) is 0 Å². The van der Waals surface area contributed by atoms with Crippen molar-refractivity contribution in [2.75, 3.05) is 0 Å². The molecule has 1 nitrogen and oxygen atoms in total. The largest absolute Gasteiger partial charge is 0.393 e. The Morgan fingerprint density at radius 1 is 1.33 bits per heavy atom. The molecule has 0 saturated heterocycles. The van der Waals surface area contributed by atoms with Crippen molar-refractivity contribution < 1.29 is 9.50 Å². The average molecular weight is 210 g/mol. The maximum Gasteiger partial charge on any atom is 0.123 e. The molecule has 84 valence electrons. The molecule has 0 spiro atoms. The van der Waals surface area contributed by atoms with Crippen molar-refractivity contribution >= 4 is 0 Å². The Labute approximate surface area is 90.9 Å². The molecule has 0 aliphatic heterocycles. The van der Waals surface area contributed by atoms with Crippen molar-refractivity contribution in [1.82, 2.24) is 0 Å². The zero-order chi connectivity index (χ0) is 11.4. The first kappa shape index (κ1) is 12.2. The molecule has 1 aromatic carbocycles. The Bertz CT molecular complexity index is 320. The molecule has 0 heterocycles. The van der Waals surface area contributed by atoms with E-state index in [4.69, 9.17) is 0 Å². The smallest absolute Gasteiger partial charge is 0.123 e. The standard InChI is InChI=1S/C13H19FO/c1-9(2)13(15)7-5-11-8-12(14)6-4-10(11)3/h4,6,8-9,13,15H,5,7H2,1-3H3. The molecule has 0 saturated carbocycles. The Kier molecular flexibility index (Phi) is 4.28. The normalized spacial score (nSPS) is 13.2. The first-order chi connectivity index (χ1) is 7.00. The molecule has 0 radical (unpaired) electrons. The maximum absolute atomic E-state index is 13.0. The molecule has 0 bridgehead atoms. The van der Waals surface area contributed by atoms with Crippen LogP contribution in [0, 0.1) is 18.7 Å². The van der Waals surface area contributed by atoms with Crippen molar-refractivity contribution in [3.63, 3.8) is 0 Å². The van der Waals surface area contributed by atoms with Gasteiger partial charge in [-0.05, 0) is 48.9 Å². The molecule has 1 N–H and O–H groups in total. The highest BCUT2D eigenvalue weighted by Gasteiger charge is 2.10. The Balaban J connectivity index is 2.61. The molecule has 1 atom stereocenters. The Morgan fingerprint density at radius 3 is 2.60 bits per heavy atom. The van der Waals surface area contributed by atoms with E-state index in [9.17, 15) is 9.50 Å². The second kappa shape index (κ2) is 5.26. The fraction of sp³-hybridized carbons (Fsp3) is 0.538. The fourth-order valence-corrected chi connectivity index (χ4v) is 1.55. The molecule has 2 heteroatoms. The van der Waals surface area contributed by atoms with Gasteiger partial charge >= 0.3 is 0 Å². The molecule has 1 aromatic rings. The van der Waals surface area contributed by atoms with Crippen molar-refractivity contribution in [3.8, 4) is 0 Å². The van der Waals surface area contributed by atoms with E-state index in [1.54, 1.807) is 12.1 Å². The lowest BCUT2D eigenvalue weighted by Gasteiger charge is -2.14. The number of halogens is 1. The van der Waals surface area contributed by atoms with Gasteiger partial charge in [-0.15, -0.1) is 0 Å². The molecular weight excluding hydrogens is 191 g/mol. The third-order valence-corrected chi connectivity index (χ3v) is 2.79. The van der Waals surface area contributed by atoms with Crippen LogP contribution in [0.4, 0.5) is 4.39 Å². The van der Waals surface area contributed by atoms with Gasteiger partial charge in [0.25, 0.3) is 0 Å². The molecule has 0 aliphatic carbocycles. The van der Waals surface area contributed by atoms with Gasteiger partial charge < -0.3 is 5.11 Å². The van der Waals surface area contributed by atoms with E-state index in [1.807, 2.05) is 20.8 Å². The van der Waals surface area contributed by atoms with Crippen LogP contribution >= 0.6 is 0 Å². The number of aliphatic hydroxyl groups is 1. The number of hydrogen-bond donors (Lipinski definition) is 1. The average Bonchev–Trinajstić information content (AvgIpc) is 2.18. The number of aliphatic hydroxyl groups excluding tert-OH is 1. The summed E-state index contributed by atoms with van der Waals surface area (Å²) in [6.07, 6.45) is 1.14. The third-order valence-electron chi connectivity index (χ3n) is 2.79. The van der Waals surface area contributed by atoms with E-state index in [1.165, 1.54) is 6.07 Å². The highest BCUT2D eigenvalue weighted by Crippen LogP contribution is 2.15. The van der Waals surface area contributed by atoms with E-state index in [0.717, 1.165) is 17.5 Å². The van der Waals surface area contributed by atoms with Gasteiger partial charge in [-0.25, -0.2) is 4.39 Å². The van der Waals surface area contributed by atoms with Crippen molar-refractivity contribution in [2.45, 2.75) is 39.7 Å². The minimum Gasteiger partial charge on any atom is -0.393 e. The van der Waals surface area contributed by atoms with Crippen LogP contribution in [-0.4, -0.2) is 11.2 Å². The summed E-state index contributed by atoms with van der Waals surface area (Å²) in [6, 6.07) is 4.81. The van der Waals surface area contributed by atoms with E-state index in [-0.39, 0.29) is 17.8 Å². The first-order valence-electron chi connectivity index (χ1n) is 5.44. The minimum atomic E-state index is -0.298. The van der Waals surface area contributed by atoms with Crippen molar-refractivity contribution in [1.29, 1.82) is 0 Å². The summed E-state index contributed by atoms with van der Waals surface area (Å²) in [6.45, 7) is 5.95. The van der Waals surface area contributed by atoms with Crippen molar-refractivity contribution in [3.05, 3.63) is 35.1 Å². The van der Waals surface area contributed by atoms with E-state index >= 15 is 0 Å². The van der Waals surface area contributed by atoms with Gasteiger partial charge in [-0.3, -0.25) is 0 Å². The molecule has 1 rings (SSSR count). The predicted octanol–water partition coefficient (Wildman–Crippen LogP) is 3.08. The fourth-order valence-electron chi connectivity index (χ4n) is 1.55. The van der Waals surface area contributed by atoms with Gasteiger partial charge in [-0.2, -0.15) is 0 Å². The lowest BCUT2D eigenvalue weighted by molar-refractivity contribution is 0.116. The van der Waals surface area contributed by atoms with Crippen LogP contribution in [0.5, 0.6) is 0 Å². The van der Waals surface area contributed by atoms with Crippen LogP contribution in [0.15, 0.2) is 18.2 Å². The zero-order valence-corrected chi connectivity index (χ0v) is 9.63. The summed E-state index contributed by atoms with van der Waals surface area (Å²) in [5.74, 6) is 0.0634. The van der Waals surface area contributed by atoms with Crippen LogP contribution < -0.4 is 0 Å². The molecular formula is C13H19FO. The van der Waals surface area contributed by atoms with Crippen LogP contribution in [0.25, 0.3) is 0 Å². The number of aryl methyl sites for hydroxylation is 2. The topological polar surface area (TPSA) is 20.2 Å². The first-order valence-corrected chi connectivity index (χ1v) is 5.44. The number of hydrogen-bond acceptors (Lipinski definition) is 1. The summed E-state index contributed by atoms with van der Waals surface area (Å²) in [5.41, 5.74) is 2.09. The van der Waals surface area contributed by atoms with E-state index in [0.29, 0.717) is 6.42 Å². The summed E-state index contributed by atoms with van der Waals surface area (Å²) in [7, 11) is 0. The molecule has 15 heavy (non-hydrogen) atoms. The quantitative estimate of drug-likeness (QED) is 0.809. The molecule has 1 unspecified atom stereocenters. The van der Waals surface area contributed by atoms with Gasteiger partial charge in [0.1, 0.15) is 5.82 Å². The molecule has 0 aromatic heterocycles. The summed E-state index contributed by atoms with van der Waals surface area (Å²) in [4.78, 5) is 0. The van der Waals surface area contributed by atoms with Crippen molar-refractivity contribution in [2.24, 2.45) is 5.92 Å². The predicted molar refractivity (Wildman–Crippen MR) is 60.3 cm³/mol. The Morgan fingerprint density at radius 2 is 2.00 bits per heavy atom. The summed E-state index contributed by atoms with van der Waals surface area (Å²) >= 11 is 0. The van der Waals surface area contributed by atoms with Gasteiger partial charge in [-0.1, -0.05) is 19.9 Å². The van der Waals surface area contributed by atoms with E-state index < -0.39 is 0 Å². The minimum absolute atomic E-state index is 0.199.